The molecule has 0 spiro atoms. The molecule has 40 valence electrons. The Morgan fingerprint density at radius 2 is 2.50 bits per heavy atom. The second-order valence-corrected chi connectivity index (χ2v) is 2.26. The number of aliphatic imine (C=N–C) groups is 2. The maximum absolute atomic E-state index is 3.89. The van der Waals surface area contributed by atoms with Gasteiger partial charge in [-0.3, -0.25) is 0 Å². The van der Waals surface area contributed by atoms with Gasteiger partial charge in [-0.25, -0.2) is 4.99 Å². The minimum Gasteiger partial charge on any atom is -0.230 e. The van der Waals surface area contributed by atoms with Gasteiger partial charge in [-0.1, -0.05) is 0 Å². The highest BCUT2D eigenvalue weighted by Crippen LogP contribution is 2.06. The van der Waals surface area contributed by atoms with Crippen LogP contribution >= 0.6 is 22.6 Å². The number of hydrogen-bond donors (Lipinski definition) is 0. The number of allylic oxidation sites excluding steroid dienone is 2. The molecule has 0 aromatic rings. The number of halogens is 1. The minimum atomic E-state index is 0.927. The summed E-state index contributed by atoms with van der Waals surface area (Å²) in [5.41, 5.74) is 0. The summed E-state index contributed by atoms with van der Waals surface area (Å²) in [4.78, 5) is 7.55. The summed E-state index contributed by atoms with van der Waals surface area (Å²) in [6.45, 7) is 0. The average Bonchev–Trinajstić information content (AvgIpc) is 1.94. The molecule has 1 heterocycles. The molecule has 0 aliphatic carbocycles. The van der Waals surface area contributed by atoms with Gasteiger partial charge in [0.2, 0.25) is 0 Å². The van der Waals surface area contributed by atoms with Crippen molar-refractivity contribution in [2.75, 3.05) is 0 Å². The van der Waals surface area contributed by atoms with E-state index < -0.39 is 0 Å². The van der Waals surface area contributed by atoms with Crippen molar-refractivity contribution in [3.05, 3.63) is 15.9 Å². The summed E-state index contributed by atoms with van der Waals surface area (Å²) in [6, 6.07) is 0. The molecule has 0 unspecified atom stereocenters. The summed E-state index contributed by atoms with van der Waals surface area (Å²) in [6.07, 6.45) is 5.05. The zero-order valence-electron chi connectivity index (χ0n) is 4.00. The van der Waals surface area contributed by atoms with E-state index in [0.29, 0.717) is 0 Å². The average molecular weight is 218 g/mol. The summed E-state index contributed by atoms with van der Waals surface area (Å²) < 4.78 is 0.927. The van der Waals surface area contributed by atoms with Crippen LogP contribution in [0.3, 0.4) is 0 Å². The third kappa shape index (κ3) is 1.60. The van der Waals surface area contributed by atoms with Crippen LogP contribution in [0.1, 0.15) is 0 Å². The van der Waals surface area contributed by atoms with Crippen molar-refractivity contribution in [1.29, 1.82) is 0 Å². The van der Waals surface area contributed by atoms with Gasteiger partial charge in [0.15, 0.2) is 0 Å². The van der Waals surface area contributed by atoms with Gasteiger partial charge < -0.3 is 0 Å². The molecule has 0 radical (unpaired) electrons. The maximum atomic E-state index is 3.89. The molecule has 3 heteroatoms. The molecule has 0 saturated heterocycles. The molecule has 1 rings (SSSR count). The highest BCUT2D eigenvalue weighted by Gasteiger charge is 1.80. The van der Waals surface area contributed by atoms with Crippen molar-refractivity contribution in [2.24, 2.45) is 9.98 Å². The zero-order valence-corrected chi connectivity index (χ0v) is 6.16. The molecule has 0 fully saturated rings. The van der Waals surface area contributed by atoms with E-state index in [0.717, 1.165) is 3.70 Å². The Morgan fingerprint density at radius 3 is 3.38 bits per heavy atom. The van der Waals surface area contributed by atoms with Gasteiger partial charge in [-0.2, -0.15) is 4.99 Å². The third-order valence-corrected chi connectivity index (χ3v) is 1.25. The number of rotatable bonds is 0. The van der Waals surface area contributed by atoms with Crippen LogP contribution < -0.4 is 0 Å². The van der Waals surface area contributed by atoms with Crippen molar-refractivity contribution < 1.29 is 0 Å². The molecule has 0 aromatic carbocycles. The van der Waals surface area contributed by atoms with Gasteiger partial charge in [0.25, 0.3) is 0 Å². The molecular formula is C5H3IN2. The van der Waals surface area contributed by atoms with Gasteiger partial charge >= 0.3 is 0 Å². The van der Waals surface area contributed by atoms with E-state index in [-0.39, 0.29) is 0 Å². The summed E-state index contributed by atoms with van der Waals surface area (Å²) in [7, 11) is 0. The number of nitrogens with zero attached hydrogens (tertiary/aromatic N) is 2. The van der Waals surface area contributed by atoms with Crippen LogP contribution in [-0.4, -0.2) is 12.2 Å². The van der Waals surface area contributed by atoms with Crippen molar-refractivity contribution >= 4 is 34.8 Å². The van der Waals surface area contributed by atoms with Crippen molar-refractivity contribution in [3.63, 3.8) is 0 Å². The largest absolute Gasteiger partial charge is 0.230 e. The smallest absolute Gasteiger partial charge is 0.126 e. The van der Waals surface area contributed by atoms with Gasteiger partial charge in [-0.05, 0) is 34.5 Å². The Hall–Kier alpha value is -0.410. The van der Waals surface area contributed by atoms with E-state index in [2.05, 4.69) is 38.4 Å². The molecule has 0 aromatic heterocycles. The quantitative estimate of drug-likeness (QED) is 0.435. The Morgan fingerprint density at radius 1 is 1.62 bits per heavy atom. The van der Waals surface area contributed by atoms with Crippen LogP contribution in [0.15, 0.2) is 25.8 Å². The monoisotopic (exact) mass is 218 g/mol. The molecule has 0 N–H and O–H groups in total. The van der Waals surface area contributed by atoms with Crippen molar-refractivity contribution in [1.82, 2.24) is 0 Å². The van der Waals surface area contributed by atoms with E-state index in [1.165, 1.54) is 6.34 Å². The fourth-order valence-corrected chi connectivity index (χ4v) is 0.614. The fraction of sp³-hybridized carbons (Fsp3) is 0. The second kappa shape index (κ2) is 2.79. The van der Waals surface area contributed by atoms with E-state index in [1.54, 1.807) is 6.08 Å². The van der Waals surface area contributed by atoms with Crippen LogP contribution in [0, 0.1) is 0 Å². The SMILES string of the molecule is IC1=CC=C=NC=N1. The normalized spacial score (nSPS) is 15.9. The lowest BCUT2D eigenvalue weighted by atomic mass is 10.6. The molecule has 1 aliphatic rings. The minimum absolute atomic E-state index is 0.927. The summed E-state index contributed by atoms with van der Waals surface area (Å²) in [5, 5.41) is 0. The van der Waals surface area contributed by atoms with E-state index in [9.17, 15) is 0 Å². The lowest BCUT2D eigenvalue weighted by Gasteiger charge is -1.77. The van der Waals surface area contributed by atoms with E-state index in [1.807, 2.05) is 6.08 Å². The molecule has 0 amide bonds. The lowest BCUT2D eigenvalue weighted by molar-refractivity contribution is 1.55. The Labute approximate surface area is 60.9 Å². The van der Waals surface area contributed by atoms with Crippen LogP contribution in [0.2, 0.25) is 0 Å². The molecule has 0 bridgehead atoms. The van der Waals surface area contributed by atoms with Crippen LogP contribution in [0.25, 0.3) is 0 Å². The molecule has 1 aliphatic heterocycles. The van der Waals surface area contributed by atoms with Crippen molar-refractivity contribution in [2.45, 2.75) is 0 Å². The third-order valence-electron chi connectivity index (χ3n) is 0.609. The molecule has 0 saturated carbocycles. The van der Waals surface area contributed by atoms with Gasteiger partial charge in [0, 0.05) is 6.08 Å². The molecule has 0 atom stereocenters. The van der Waals surface area contributed by atoms with Crippen LogP contribution in [0.5, 0.6) is 0 Å². The topological polar surface area (TPSA) is 24.7 Å². The maximum Gasteiger partial charge on any atom is 0.126 e. The van der Waals surface area contributed by atoms with Gasteiger partial charge in [-0.15, -0.1) is 0 Å². The Balaban J connectivity index is 2.90. The predicted molar refractivity (Wildman–Crippen MR) is 42.6 cm³/mol. The van der Waals surface area contributed by atoms with Crippen LogP contribution in [-0.2, 0) is 0 Å². The lowest BCUT2D eigenvalue weighted by Crippen LogP contribution is -1.59. The standard InChI is InChI=1S/C5H3IN2/c6-5-2-1-3-7-4-8-5/h1-2,4H. The van der Waals surface area contributed by atoms with Crippen molar-refractivity contribution in [3.8, 4) is 0 Å². The molecule has 2 nitrogen and oxygen atoms in total. The Kier molecular flexibility index (Phi) is 2.00. The first-order chi connectivity index (χ1) is 3.89. The Bertz CT molecular complexity index is 196. The first-order valence-corrected chi connectivity index (χ1v) is 3.14. The van der Waals surface area contributed by atoms with Gasteiger partial charge in [0.1, 0.15) is 10.0 Å². The highest BCUT2D eigenvalue weighted by molar-refractivity contribution is 14.1. The highest BCUT2D eigenvalue weighted by atomic mass is 127. The first kappa shape index (κ1) is 5.72. The fourth-order valence-electron chi connectivity index (χ4n) is 0.309. The second-order valence-electron chi connectivity index (χ2n) is 1.16. The summed E-state index contributed by atoms with van der Waals surface area (Å²) >= 11 is 2.11. The molecule has 8 heavy (non-hydrogen) atoms. The van der Waals surface area contributed by atoms with E-state index >= 15 is 0 Å². The number of hydrogen-bond acceptors (Lipinski definition) is 2. The zero-order chi connectivity index (χ0) is 5.82. The molecular weight excluding hydrogens is 215 g/mol. The predicted octanol–water partition coefficient (Wildman–Crippen LogP) is 1.53. The van der Waals surface area contributed by atoms with Gasteiger partial charge in [0.05, 0.1) is 0 Å². The first-order valence-electron chi connectivity index (χ1n) is 2.06. The van der Waals surface area contributed by atoms with E-state index in [4.69, 9.17) is 0 Å². The summed E-state index contributed by atoms with van der Waals surface area (Å²) in [5.74, 6) is 2.65. The van der Waals surface area contributed by atoms with Crippen LogP contribution in [0.4, 0.5) is 0 Å².